The number of nitrogens with one attached hydrogen (secondary N) is 1. The summed E-state index contributed by atoms with van der Waals surface area (Å²) in [6.07, 6.45) is 0.854. The van der Waals surface area contributed by atoms with E-state index in [9.17, 15) is 4.79 Å². The number of hydrogen-bond donors (Lipinski definition) is 1. The number of aromatic amines is 1. The van der Waals surface area contributed by atoms with Crippen molar-refractivity contribution >= 4 is 0 Å². The molecular weight excluding hydrogens is 224 g/mol. The molecule has 3 nitrogen and oxygen atoms in total. The maximum absolute atomic E-state index is 12.1. The van der Waals surface area contributed by atoms with E-state index in [0.717, 1.165) is 18.5 Å². The minimum absolute atomic E-state index is 0.00171. The van der Waals surface area contributed by atoms with Crippen LogP contribution in [0, 0.1) is 11.8 Å². The monoisotopic (exact) mass is 252 g/mol. The predicted octanol–water partition coefficient (Wildman–Crippen LogP) is 3.33. The van der Waals surface area contributed by atoms with Crippen molar-refractivity contribution in [1.82, 2.24) is 9.78 Å². The van der Waals surface area contributed by atoms with Gasteiger partial charge in [-0.1, -0.05) is 48.5 Å². The Morgan fingerprint density at radius 1 is 1.11 bits per heavy atom. The Balaban J connectivity index is 3.33. The van der Waals surface area contributed by atoms with E-state index in [-0.39, 0.29) is 11.0 Å². The molecule has 0 aliphatic carbocycles. The molecular formula is C15H28N2O. The zero-order valence-electron chi connectivity index (χ0n) is 12.9. The van der Waals surface area contributed by atoms with Crippen LogP contribution in [0.5, 0.6) is 0 Å². The highest BCUT2D eigenvalue weighted by atomic mass is 16.1. The first-order valence-corrected chi connectivity index (χ1v) is 6.95. The van der Waals surface area contributed by atoms with E-state index in [1.165, 1.54) is 5.69 Å². The molecule has 104 valence electrons. The molecule has 3 heteroatoms. The number of rotatable bonds is 4. The normalized spacial score (nSPS) is 12.7. The summed E-state index contributed by atoms with van der Waals surface area (Å²) in [5.74, 6) is 1.03. The number of aromatic nitrogens is 2. The zero-order chi connectivity index (χ0) is 14.1. The van der Waals surface area contributed by atoms with E-state index in [4.69, 9.17) is 0 Å². The van der Waals surface area contributed by atoms with Gasteiger partial charge >= 0.3 is 0 Å². The van der Waals surface area contributed by atoms with Gasteiger partial charge in [-0.15, -0.1) is 0 Å². The highest BCUT2D eigenvalue weighted by Gasteiger charge is 2.26. The maximum Gasteiger partial charge on any atom is 0.267 e. The minimum atomic E-state index is -0.00171. The first-order chi connectivity index (χ1) is 8.12. The average molecular weight is 252 g/mol. The third-order valence-electron chi connectivity index (χ3n) is 2.94. The van der Waals surface area contributed by atoms with Crippen molar-refractivity contribution < 1.29 is 0 Å². The molecule has 0 unspecified atom stereocenters. The minimum Gasteiger partial charge on any atom is -0.288 e. The summed E-state index contributed by atoms with van der Waals surface area (Å²) in [7, 11) is 0. The SMILES string of the molecule is CC(C)Cc1c(C(C)(C)C)n(CC(C)C)[nH]c1=O. The van der Waals surface area contributed by atoms with Crippen molar-refractivity contribution in [2.75, 3.05) is 0 Å². The maximum atomic E-state index is 12.1. The summed E-state index contributed by atoms with van der Waals surface area (Å²) in [6, 6.07) is 0. The fourth-order valence-electron chi connectivity index (χ4n) is 2.47. The fourth-order valence-corrected chi connectivity index (χ4v) is 2.47. The fraction of sp³-hybridized carbons (Fsp3) is 0.800. The van der Waals surface area contributed by atoms with E-state index in [0.29, 0.717) is 11.8 Å². The summed E-state index contributed by atoms with van der Waals surface area (Å²) in [5.41, 5.74) is 2.24. The van der Waals surface area contributed by atoms with Crippen LogP contribution in [0.4, 0.5) is 0 Å². The molecule has 1 N–H and O–H groups in total. The summed E-state index contributed by atoms with van der Waals surface area (Å²) >= 11 is 0. The van der Waals surface area contributed by atoms with Gasteiger partial charge in [-0.3, -0.25) is 14.6 Å². The van der Waals surface area contributed by atoms with Crippen LogP contribution in [0.3, 0.4) is 0 Å². The Kier molecular flexibility index (Phi) is 4.46. The standard InChI is InChI=1S/C15H28N2O/c1-10(2)8-12-13(15(5,6)7)17(9-11(3)4)16-14(12)18/h10-11H,8-9H2,1-7H3,(H,16,18). The lowest BCUT2D eigenvalue weighted by atomic mass is 9.86. The van der Waals surface area contributed by atoms with Gasteiger partial charge in [-0.2, -0.15) is 0 Å². The van der Waals surface area contributed by atoms with Gasteiger partial charge in [0.15, 0.2) is 0 Å². The van der Waals surface area contributed by atoms with Gasteiger partial charge in [0.05, 0.1) is 0 Å². The molecule has 0 bridgehead atoms. The number of H-pyrrole nitrogens is 1. The lowest BCUT2D eigenvalue weighted by molar-refractivity contribution is 0.424. The molecule has 0 aliphatic heterocycles. The second kappa shape index (κ2) is 5.33. The topological polar surface area (TPSA) is 37.8 Å². The van der Waals surface area contributed by atoms with Crippen LogP contribution < -0.4 is 5.56 Å². The number of hydrogen-bond acceptors (Lipinski definition) is 1. The van der Waals surface area contributed by atoms with Crippen molar-refractivity contribution in [3.63, 3.8) is 0 Å². The second-order valence-electron chi connectivity index (χ2n) is 7.12. The van der Waals surface area contributed by atoms with E-state index >= 15 is 0 Å². The molecule has 1 aromatic heterocycles. The van der Waals surface area contributed by atoms with Crippen LogP contribution in [0.1, 0.15) is 59.7 Å². The van der Waals surface area contributed by atoms with E-state index in [2.05, 4.69) is 58.2 Å². The molecule has 18 heavy (non-hydrogen) atoms. The Bertz CT molecular complexity index is 444. The van der Waals surface area contributed by atoms with Gasteiger partial charge in [0.2, 0.25) is 0 Å². The van der Waals surface area contributed by atoms with Crippen LogP contribution in [0.2, 0.25) is 0 Å². The van der Waals surface area contributed by atoms with Gasteiger partial charge in [-0.25, -0.2) is 0 Å². The third kappa shape index (κ3) is 3.50. The van der Waals surface area contributed by atoms with Crippen LogP contribution in [0.25, 0.3) is 0 Å². The van der Waals surface area contributed by atoms with Gasteiger partial charge in [0.1, 0.15) is 0 Å². The van der Waals surface area contributed by atoms with Crippen molar-refractivity contribution in [2.45, 2.75) is 66.8 Å². The van der Waals surface area contributed by atoms with Crippen LogP contribution in [-0.2, 0) is 18.4 Å². The Morgan fingerprint density at radius 3 is 2.06 bits per heavy atom. The molecule has 0 spiro atoms. The van der Waals surface area contributed by atoms with Crippen molar-refractivity contribution in [1.29, 1.82) is 0 Å². The quantitative estimate of drug-likeness (QED) is 0.877. The highest BCUT2D eigenvalue weighted by molar-refractivity contribution is 5.25. The first kappa shape index (κ1) is 15.1. The molecule has 0 amide bonds. The average Bonchev–Trinajstić information content (AvgIpc) is 2.39. The van der Waals surface area contributed by atoms with Crippen molar-refractivity contribution in [2.24, 2.45) is 11.8 Å². The van der Waals surface area contributed by atoms with Gasteiger partial charge in [0, 0.05) is 23.2 Å². The molecule has 1 heterocycles. The van der Waals surface area contributed by atoms with E-state index in [1.807, 2.05) is 0 Å². The Morgan fingerprint density at radius 2 is 1.67 bits per heavy atom. The smallest absolute Gasteiger partial charge is 0.267 e. The molecule has 0 aliphatic rings. The summed E-state index contributed by atoms with van der Waals surface area (Å²) < 4.78 is 2.06. The predicted molar refractivity (Wildman–Crippen MR) is 77.1 cm³/mol. The Labute approximate surface area is 111 Å². The molecule has 0 atom stereocenters. The second-order valence-corrected chi connectivity index (χ2v) is 7.12. The molecule has 0 saturated heterocycles. The van der Waals surface area contributed by atoms with Crippen molar-refractivity contribution in [3.8, 4) is 0 Å². The van der Waals surface area contributed by atoms with Gasteiger partial charge in [0.25, 0.3) is 5.56 Å². The van der Waals surface area contributed by atoms with Gasteiger partial charge in [-0.05, 0) is 18.3 Å². The van der Waals surface area contributed by atoms with E-state index < -0.39 is 0 Å². The third-order valence-corrected chi connectivity index (χ3v) is 2.94. The molecule has 1 rings (SSSR count). The summed E-state index contributed by atoms with van der Waals surface area (Å²) in [4.78, 5) is 12.1. The van der Waals surface area contributed by atoms with Crippen LogP contribution in [0.15, 0.2) is 4.79 Å². The highest BCUT2D eigenvalue weighted by Crippen LogP contribution is 2.26. The van der Waals surface area contributed by atoms with Crippen molar-refractivity contribution in [3.05, 3.63) is 21.6 Å². The molecule has 0 saturated carbocycles. The van der Waals surface area contributed by atoms with Crippen LogP contribution >= 0.6 is 0 Å². The summed E-state index contributed by atoms with van der Waals surface area (Å²) in [6.45, 7) is 16.1. The van der Waals surface area contributed by atoms with Gasteiger partial charge < -0.3 is 0 Å². The lowest BCUT2D eigenvalue weighted by Crippen LogP contribution is -2.22. The summed E-state index contributed by atoms with van der Waals surface area (Å²) in [5, 5.41) is 3.02. The first-order valence-electron chi connectivity index (χ1n) is 6.95. The van der Waals surface area contributed by atoms with E-state index in [1.54, 1.807) is 0 Å². The lowest BCUT2D eigenvalue weighted by Gasteiger charge is -2.24. The molecule has 1 aromatic rings. The molecule has 0 radical (unpaired) electrons. The zero-order valence-corrected chi connectivity index (χ0v) is 12.9. The largest absolute Gasteiger partial charge is 0.288 e. The number of nitrogens with zero attached hydrogens (tertiary/aromatic N) is 1. The van der Waals surface area contributed by atoms with Crippen LogP contribution in [-0.4, -0.2) is 9.78 Å². The molecule has 0 aromatic carbocycles. The molecule has 0 fully saturated rings. The Hall–Kier alpha value is -0.990.